The summed E-state index contributed by atoms with van der Waals surface area (Å²) < 4.78 is 2.47. The monoisotopic (exact) mass is 485 g/mol. The Morgan fingerprint density at radius 1 is 0.771 bits per heavy atom. The molecule has 0 amide bonds. The van der Waals surface area contributed by atoms with Crippen LogP contribution < -0.4 is 0 Å². The highest BCUT2D eigenvalue weighted by atomic mass is 35.5. The highest BCUT2D eigenvalue weighted by Crippen LogP contribution is 2.31. The maximum absolute atomic E-state index is 6.32. The minimum Gasteiger partial charge on any atom is -0.326 e. The molecule has 182 valence electrons. The lowest BCUT2D eigenvalue weighted by atomic mass is 10.1. The molecule has 4 heteroatoms. The average Bonchev–Trinajstić information content (AvgIpc) is 3.25. The molecule has 0 spiro atoms. The van der Waals surface area contributed by atoms with Gasteiger partial charge in [0.25, 0.3) is 0 Å². The number of aromatic nitrogens is 2. The molecule has 0 fully saturated rings. The molecule has 0 bridgehead atoms. The Labute approximate surface area is 215 Å². The minimum atomic E-state index is 0.794. The van der Waals surface area contributed by atoms with Gasteiger partial charge in [0.1, 0.15) is 5.82 Å². The average molecular weight is 486 g/mol. The third kappa shape index (κ3) is 6.62. The lowest BCUT2D eigenvalue weighted by molar-refractivity contribution is 0.246. The van der Waals surface area contributed by atoms with Crippen LogP contribution in [-0.4, -0.2) is 21.0 Å². The Morgan fingerprint density at radius 3 is 2.11 bits per heavy atom. The number of nitrogens with zero attached hydrogens (tertiary/aromatic N) is 3. The van der Waals surface area contributed by atoms with E-state index in [1.165, 1.54) is 28.8 Å². The first-order valence-corrected chi connectivity index (χ1v) is 13.2. The molecule has 0 aliphatic rings. The zero-order valence-electron chi connectivity index (χ0n) is 21.0. The summed E-state index contributed by atoms with van der Waals surface area (Å²) >= 11 is 6.32. The lowest BCUT2D eigenvalue weighted by Crippen LogP contribution is -2.26. The molecule has 4 aromatic rings. The van der Waals surface area contributed by atoms with Crippen molar-refractivity contribution in [1.82, 2.24) is 14.5 Å². The molecule has 3 nitrogen and oxygen atoms in total. The van der Waals surface area contributed by atoms with Gasteiger partial charge in [-0.1, -0.05) is 111 Å². The van der Waals surface area contributed by atoms with E-state index in [0.717, 1.165) is 62.0 Å². The Hall–Kier alpha value is -2.88. The summed E-state index contributed by atoms with van der Waals surface area (Å²) in [5.41, 5.74) is 5.97. The van der Waals surface area contributed by atoms with E-state index >= 15 is 0 Å². The summed E-state index contributed by atoms with van der Waals surface area (Å²) in [5, 5.41) is 0.794. The van der Waals surface area contributed by atoms with Gasteiger partial charge in [-0.3, -0.25) is 4.90 Å². The van der Waals surface area contributed by atoms with Gasteiger partial charge in [0.05, 0.1) is 11.4 Å². The van der Waals surface area contributed by atoms with Crippen molar-refractivity contribution in [3.8, 4) is 22.6 Å². The summed E-state index contributed by atoms with van der Waals surface area (Å²) in [5.74, 6) is 1.06. The molecule has 0 radical (unpaired) electrons. The van der Waals surface area contributed by atoms with E-state index < -0.39 is 0 Å². The fourth-order valence-corrected chi connectivity index (χ4v) is 4.75. The largest absolute Gasteiger partial charge is 0.326 e. The summed E-state index contributed by atoms with van der Waals surface area (Å²) in [6.07, 6.45) is 4.60. The SMILES string of the molecule is CCCCN(Cc1cccc(Cl)c1)Cc1c(-c2ccccc2)nc(-c2ccccc2)n1CCCC. The summed E-state index contributed by atoms with van der Waals surface area (Å²) in [7, 11) is 0. The van der Waals surface area contributed by atoms with E-state index in [0.29, 0.717) is 0 Å². The van der Waals surface area contributed by atoms with Crippen LogP contribution in [0.3, 0.4) is 0 Å². The molecule has 0 saturated heterocycles. The van der Waals surface area contributed by atoms with Gasteiger partial charge in [-0.05, 0) is 37.1 Å². The number of imidazole rings is 1. The predicted octanol–water partition coefficient (Wildman–Crippen LogP) is 8.47. The van der Waals surface area contributed by atoms with Gasteiger partial charge in [0.2, 0.25) is 0 Å². The topological polar surface area (TPSA) is 21.1 Å². The number of halogens is 1. The molecule has 1 heterocycles. The molecule has 0 aliphatic carbocycles. The fourth-order valence-electron chi connectivity index (χ4n) is 4.54. The molecule has 0 atom stereocenters. The van der Waals surface area contributed by atoms with E-state index in [2.05, 4.69) is 96.1 Å². The maximum Gasteiger partial charge on any atom is 0.140 e. The van der Waals surface area contributed by atoms with E-state index in [1.807, 2.05) is 12.1 Å². The third-order valence-electron chi connectivity index (χ3n) is 6.38. The van der Waals surface area contributed by atoms with Gasteiger partial charge in [-0.15, -0.1) is 0 Å². The molecule has 3 aromatic carbocycles. The van der Waals surface area contributed by atoms with Crippen molar-refractivity contribution in [3.05, 3.63) is 101 Å². The van der Waals surface area contributed by atoms with Crippen molar-refractivity contribution in [1.29, 1.82) is 0 Å². The first-order valence-electron chi connectivity index (χ1n) is 12.9. The van der Waals surface area contributed by atoms with Crippen LogP contribution in [0.2, 0.25) is 5.02 Å². The lowest BCUT2D eigenvalue weighted by Gasteiger charge is -2.24. The number of hydrogen-bond acceptors (Lipinski definition) is 2. The minimum absolute atomic E-state index is 0.794. The second-order valence-corrected chi connectivity index (χ2v) is 9.60. The second-order valence-electron chi connectivity index (χ2n) is 9.16. The Bertz CT molecular complexity index is 1180. The Morgan fingerprint density at radius 2 is 1.46 bits per heavy atom. The molecule has 0 unspecified atom stereocenters. The second kappa shape index (κ2) is 12.7. The first-order chi connectivity index (χ1) is 17.2. The number of benzene rings is 3. The quantitative estimate of drug-likeness (QED) is 0.200. The molecule has 0 saturated carbocycles. The molecular weight excluding hydrogens is 450 g/mol. The van der Waals surface area contributed by atoms with Crippen molar-refractivity contribution in [2.24, 2.45) is 0 Å². The van der Waals surface area contributed by atoms with Crippen LogP contribution in [0.15, 0.2) is 84.9 Å². The van der Waals surface area contributed by atoms with Gasteiger partial charge in [-0.2, -0.15) is 0 Å². The van der Waals surface area contributed by atoms with Crippen molar-refractivity contribution in [2.45, 2.75) is 59.2 Å². The van der Waals surface area contributed by atoms with Crippen LogP contribution in [0, 0.1) is 0 Å². The fraction of sp³-hybridized carbons (Fsp3) is 0.323. The zero-order valence-corrected chi connectivity index (χ0v) is 21.7. The van der Waals surface area contributed by atoms with Crippen LogP contribution in [-0.2, 0) is 19.6 Å². The summed E-state index contributed by atoms with van der Waals surface area (Å²) in [6, 6.07) is 29.5. The molecule has 4 rings (SSSR count). The Balaban J connectivity index is 1.79. The maximum atomic E-state index is 6.32. The van der Waals surface area contributed by atoms with Gasteiger partial charge >= 0.3 is 0 Å². The standard InChI is InChI=1S/C31H36ClN3/c1-3-5-20-34(23-25-14-13-19-28(32)22-25)24-29-30(26-15-9-7-10-16-26)33-31(35(29)21-6-4-2)27-17-11-8-12-18-27/h7-19,22H,3-6,20-21,23-24H2,1-2H3. The number of unbranched alkanes of at least 4 members (excludes halogenated alkanes) is 2. The van der Waals surface area contributed by atoms with E-state index in [4.69, 9.17) is 16.6 Å². The van der Waals surface area contributed by atoms with Crippen molar-refractivity contribution < 1.29 is 0 Å². The van der Waals surface area contributed by atoms with Crippen LogP contribution in [0.25, 0.3) is 22.6 Å². The zero-order chi connectivity index (χ0) is 24.5. The van der Waals surface area contributed by atoms with Crippen molar-refractivity contribution >= 4 is 11.6 Å². The molecular formula is C31H36ClN3. The van der Waals surface area contributed by atoms with Gasteiger partial charge in [-0.25, -0.2) is 4.98 Å². The van der Waals surface area contributed by atoms with Gasteiger partial charge in [0, 0.05) is 35.8 Å². The van der Waals surface area contributed by atoms with E-state index in [-0.39, 0.29) is 0 Å². The van der Waals surface area contributed by atoms with E-state index in [9.17, 15) is 0 Å². The summed E-state index contributed by atoms with van der Waals surface area (Å²) in [4.78, 5) is 7.82. The van der Waals surface area contributed by atoms with Gasteiger partial charge < -0.3 is 4.57 Å². The van der Waals surface area contributed by atoms with Crippen LogP contribution in [0.5, 0.6) is 0 Å². The number of hydrogen-bond donors (Lipinski definition) is 0. The van der Waals surface area contributed by atoms with Crippen molar-refractivity contribution in [2.75, 3.05) is 6.54 Å². The molecule has 0 aliphatic heterocycles. The number of rotatable bonds is 12. The Kier molecular flexibility index (Phi) is 9.16. The van der Waals surface area contributed by atoms with Crippen molar-refractivity contribution in [3.63, 3.8) is 0 Å². The normalized spacial score (nSPS) is 11.3. The third-order valence-corrected chi connectivity index (χ3v) is 6.62. The molecule has 1 aromatic heterocycles. The first kappa shape index (κ1) is 25.2. The predicted molar refractivity (Wildman–Crippen MR) is 148 cm³/mol. The molecule has 0 N–H and O–H groups in total. The van der Waals surface area contributed by atoms with E-state index in [1.54, 1.807) is 0 Å². The van der Waals surface area contributed by atoms with Crippen LogP contribution in [0.4, 0.5) is 0 Å². The van der Waals surface area contributed by atoms with Gasteiger partial charge in [0.15, 0.2) is 0 Å². The van der Waals surface area contributed by atoms with Crippen LogP contribution in [0.1, 0.15) is 50.8 Å². The highest BCUT2D eigenvalue weighted by molar-refractivity contribution is 6.30. The van der Waals surface area contributed by atoms with Crippen LogP contribution >= 0.6 is 11.6 Å². The smallest absolute Gasteiger partial charge is 0.140 e. The summed E-state index contributed by atoms with van der Waals surface area (Å²) in [6.45, 7) is 8.23. The molecule has 35 heavy (non-hydrogen) atoms. The highest BCUT2D eigenvalue weighted by Gasteiger charge is 2.21.